The minimum Gasteiger partial charge on any atom is -0.469 e. The topological polar surface area (TPSA) is 71.7 Å². The van der Waals surface area contributed by atoms with Gasteiger partial charge in [0.25, 0.3) is 0 Å². The first-order chi connectivity index (χ1) is 8.03. The quantitative estimate of drug-likeness (QED) is 0.738. The van der Waals surface area contributed by atoms with Crippen LogP contribution in [0.5, 0.6) is 0 Å². The molecule has 1 rings (SSSR count). The summed E-state index contributed by atoms with van der Waals surface area (Å²) in [4.78, 5) is 11.3. The molecule has 0 spiro atoms. The number of carbonyl (C=O) groups is 1. The molecule has 0 fully saturated rings. The van der Waals surface area contributed by atoms with Gasteiger partial charge in [-0.25, -0.2) is 0 Å². The second-order valence-corrected chi connectivity index (χ2v) is 4.17. The summed E-state index contributed by atoms with van der Waals surface area (Å²) < 4.78 is 10.1. The van der Waals surface area contributed by atoms with Crippen molar-refractivity contribution in [1.29, 1.82) is 0 Å². The van der Waals surface area contributed by atoms with E-state index in [0.29, 0.717) is 18.8 Å². The zero-order valence-electron chi connectivity index (χ0n) is 10.2. The number of hydrogen-bond donors (Lipinski definition) is 2. The van der Waals surface area contributed by atoms with Crippen molar-refractivity contribution in [2.24, 2.45) is 0 Å². The van der Waals surface area contributed by atoms with E-state index in [2.05, 4.69) is 5.32 Å². The molecule has 5 heteroatoms. The number of hydrogen-bond acceptors (Lipinski definition) is 4. The summed E-state index contributed by atoms with van der Waals surface area (Å²) in [5, 5.41) is 12.7. The highest BCUT2D eigenvalue weighted by Crippen LogP contribution is 2.12. The molecule has 0 saturated heterocycles. The number of carbonyl (C=O) groups excluding carboxylic acids is 1. The molecule has 0 unspecified atom stereocenters. The Morgan fingerprint density at radius 2 is 2.41 bits per heavy atom. The third kappa shape index (κ3) is 5.51. The average molecular weight is 241 g/mol. The molecule has 1 aromatic heterocycles. The lowest BCUT2D eigenvalue weighted by Crippen LogP contribution is -2.43. The van der Waals surface area contributed by atoms with E-state index in [1.54, 1.807) is 25.3 Å². The summed E-state index contributed by atoms with van der Waals surface area (Å²) in [6.45, 7) is 4.15. The van der Waals surface area contributed by atoms with Crippen molar-refractivity contribution in [1.82, 2.24) is 5.32 Å². The first-order valence-corrected chi connectivity index (χ1v) is 5.63. The van der Waals surface area contributed by atoms with Crippen molar-refractivity contribution in [3.8, 4) is 0 Å². The monoisotopic (exact) mass is 241 g/mol. The van der Waals surface area contributed by atoms with Gasteiger partial charge in [0.05, 0.1) is 11.9 Å². The molecular formula is C12H19NO4. The summed E-state index contributed by atoms with van der Waals surface area (Å²) in [6.07, 6.45) is 1.91. The van der Waals surface area contributed by atoms with Crippen molar-refractivity contribution < 1.29 is 19.1 Å². The number of ether oxygens (including phenoxy) is 1. The lowest BCUT2D eigenvalue weighted by atomic mass is 10.0. The molecule has 1 atom stereocenters. The van der Waals surface area contributed by atoms with Gasteiger partial charge in [-0.05, 0) is 26.0 Å². The van der Waals surface area contributed by atoms with Crippen LogP contribution in [0, 0.1) is 0 Å². The van der Waals surface area contributed by atoms with Crippen LogP contribution in [0.1, 0.15) is 19.6 Å². The van der Waals surface area contributed by atoms with Crippen LogP contribution in [0.15, 0.2) is 22.8 Å². The van der Waals surface area contributed by atoms with E-state index >= 15 is 0 Å². The van der Waals surface area contributed by atoms with Gasteiger partial charge in [0, 0.05) is 19.6 Å². The summed E-state index contributed by atoms with van der Waals surface area (Å²) in [5.74, 6) is 0.459. The van der Waals surface area contributed by atoms with Crippen molar-refractivity contribution in [2.75, 3.05) is 19.8 Å². The first kappa shape index (κ1) is 13.7. The number of amides is 1. The van der Waals surface area contributed by atoms with Gasteiger partial charge in [-0.2, -0.15) is 0 Å². The highest BCUT2D eigenvalue weighted by atomic mass is 16.5. The molecular weight excluding hydrogens is 222 g/mol. The minimum absolute atomic E-state index is 0.0212. The molecule has 96 valence electrons. The third-order valence-electron chi connectivity index (χ3n) is 2.24. The van der Waals surface area contributed by atoms with Gasteiger partial charge in [0.15, 0.2) is 0 Å². The summed E-state index contributed by atoms with van der Waals surface area (Å²) in [7, 11) is 0. The molecule has 1 heterocycles. The molecule has 1 amide bonds. The molecule has 0 aromatic carbocycles. The normalized spacial score (nSPS) is 14.3. The number of rotatable bonds is 7. The predicted molar refractivity (Wildman–Crippen MR) is 62.5 cm³/mol. The highest BCUT2D eigenvalue weighted by molar-refractivity contribution is 5.77. The van der Waals surface area contributed by atoms with Gasteiger partial charge in [-0.15, -0.1) is 0 Å². The number of nitrogens with one attached hydrogen (secondary N) is 1. The summed E-state index contributed by atoms with van der Waals surface area (Å²) in [6, 6.07) is 3.55. The fourth-order valence-electron chi connectivity index (χ4n) is 1.39. The van der Waals surface area contributed by atoms with E-state index in [4.69, 9.17) is 9.15 Å². The zero-order chi connectivity index (χ0) is 12.7. The van der Waals surface area contributed by atoms with Crippen LogP contribution in [0.4, 0.5) is 0 Å². The van der Waals surface area contributed by atoms with E-state index in [9.17, 15) is 9.90 Å². The molecule has 5 nitrogen and oxygen atoms in total. The second-order valence-electron chi connectivity index (χ2n) is 4.17. The maximum atomic E-state index is 11.3. The lowest BCUT2D eigenvalue weighted by Gasteiger charge is -2.22. The van der Waals surface area contributed by atoms with Gasteiger partial charge in [0.1, 0.15) is 12.4 Å². The third-order valence-corrected chi connectivity index (χ3v) is 2.24. The molecule has 17 heavy (non-hydrogen) atoms. The Labute approximate surface area is 101 Å². The van der Waals surface area contributed by atoms with Crippen molar-refractivity contribution in [2.45, 2.75) is 25.9 Å². The number of aliphatic hydroxyl groups is 1. The molecule has 2 N–H and O–H groups in total. The van der Waals surface area contributed by atoms with Crippen LogP contribution < -0.4 is 5.32 Å². The van der Waals surface area contributed by atoms with E-state index in [1.165, 1.54) is 0 Å². The summed E-state index contributed by atoms with van der Waals surface area (Å²) >= 11 is 0. The molecule has 0 saturated carbocycles. The Morgan fingerprint density at radius 1 is 1.65 bits per heavy atom. The lowest BCUT2D eigenvalue weighted by molar-refractivity contribution is -0.126. The van der Waals surface area contributed by atoms with Gasteiger partial charge in [0.2, 0.25) is 5.91 Å². The Hall–Kier alpha value is -1.33. The molecule has 0 aliphatic heterocycles. The molecule has 0 aliphatic rings. The van der Waals surface area contributed by atoms with Gasteiger partial charge >= 0.3 is 0 Å². The van der Waals surface area contributed by atoms with Crippen LogP contribution in [-0.4, -0.2) is 36.4 Å². The van der Waals surface area contributed by atoms with Crippen LogP contribution in [0.2, 0.25) is 0 Å². The smallest absolute Gasteiger partial charge is 0.246 e. The average Bonchev–Trinajstić information content (AvgIpc) is 2.75. The summed E-state index contributed by atoms with van der Waals surface area (Å²) in [5.41, 5.74) is -1.03. The number of furan rings is 1. The molecule has 0 aliphatic carbocycles. The Bertz CT molecular complexity index is 332. The highest BCUT2D eigenvalue weighted by Gasteiger charge is 2.23. The maximum absolute atomic E-state index is 11.3. The fraction of sp³-hybridized carbons (Fsp3) is 0.583. The van der Waals surface area contributed by atoms with E-state index < -0.39 is 5.60 Å². The van der Waals surface area contributed by atoms with Crippen LogP contribution in [0.25, 0.3) is 0 Å². The zero-order valence-corrected chi connectivity index (χ0v) is 10.2. The van der Waals surface area contributed by atoms with Crippen molar-refractivity contribution in [3.05, 3.63) is 24.2 Å². The first-order valence-electron chi connectivity index (χ1n) is 5.63. The Balaban J connectivity index is 2.31. The second kappa shape index (κ2) is 6.42. The van der Waals surface area contributed by atoms with Crippen molar-refractivity contribution >= 4 is 5.91 Å². The van der Waals surface area contributed by atoms with Crippen LogP contribution in [0.3, 0.4) is 0 Å². The van der Waals surface area contributed by atoms with Crippen molar-refractivity contribution in [3.63, 3.8) is 0 Å². The molecule has 0 radical (unpaired) electrons. The van der Waals surface area contributed by atoms with Gasteiger partial charge in [-0.1, -0.05) is 0 Å². The molecule has 1 aromatic rings. The van der Waals surface area contributed by atoms with Gasteiger partial charge in [-0.3, -0.25) is 4.79 Å². The fourth-order valence-corrected chi connectivity index (χ4v) is 1.39. The minimum atomic E-state index is -1.03. The van der Waals surface area contributed by atoms with E-state index in [-0.39, 0.29) is 19.1 Å². The molecule has 0 bridgehead atoms. The standard InChI is InChI=1S/C12H19NO4/c1-3-16-8-11(14)13-9-12(2,15)7-10-5-4-6-17-10/h4-6,15H,3,7-9H2,1-2H3,(H,13,14)/t12-/m0/s1. The largest absolute Gasteiger partial charge is 0.469 e. The van der Waals surface area contributed by atoms with Crippen LogP contribution in [-0.2, 0) is 16.0 Å². The van der Waals surface area contributed by atoms with Gasteiger partial charge < -0.3 is 19.6 Å². The Kier molecular flexibility index (Phi) is 5.18. The Morgan fingerprint density at radius 3 is 3.00 bits per heavy atom. The SMILES string of the molecule is CCOCC(=O)NC[C@@](C)(O)Cc1ccco1. The predicted octanol–water partition coefficient (Wildman–Crippen LogP) is 0.726. The maximum Gasteiger partial charge on any atom is 0.246 e. The van der Waals surface area contributed by atoms with E-state index in [0.717, 1.165) is 0 Å². The van der Waals surface area contributed by atoms with E-state index in [1.807, 2.05) is 6.92 Å². The van der Waals surface area contributed by atoms with Crippen LogP contribution >= 0.6 is 0 Å².